The number of sulfone groups is 1. The number of carbonyl (C=O) groups is 1. The second-order valence-corrected chi connectivity index (χ2v) is 10.1. The molecule has 1 amide bonds. The third kappa shape index (κ3) is 4.78. The van der Waals surface area contributed by atoms with Crippen molar-refractivity contribution >= 4 is 25.8 Å². The second kappa shape index (κ2) is 7.81. The molecule has 0 aliphatic carbocycles. The molecule has 8 nitrogen and oxygen atoms in total. The molecule has 1 aromatic carbocycles. The second-order valence-electron chi connectivity index (χ2n) is 5.85. The molecule has 25 heavy (non-hydrogen) atoms. The van der Waals surface area contributed by atoms with E-state index in [-0.39, 0.29) is 28.4 Å². The number of nitrogens with zero attached hydrogens (tertiary/aromatic N) is 1. The van der Waals surface area contributed by atoms with Gasteiger partial charge >= 0.3 is 0 Å². The zero-order chi connectivity index (χ0) is 18.7. The van der Waals surface area contributed by atoms with E-state index < -0.39 is 31.8 Å². The summed E-state index contributed by atoms with van der Waals surface area (Å²) in [5.41, 5.74) is 0.213. The van der Waals surface area contributed by atoms with Crippen LogP contribution in [-0.2, 0) is 24.6 Å². The predicted molar refractivity (Wildman–Crippen MR) is 92.7 cm³/mol. The van der Waals surface area contributed by atoms with E-state index in [1.165, 1.54) is 38.4 Å². The Morgan fingerprint density at radius 1 is 1.40 bits per heavy atom. The standard InChI is InChI=1S/C15H22N2O6S2/c1-17(13-6-9-24(19,20)11-13)25(21,22)14-5-3-4-12(10-14)15(18)16-7-8-23-2/h3-5,10,13H,6-9,11H2,1-2H3,(H,16,18). The summed E-state index contributed by atoms with van der Waals surface area (Å²) in [6.45, 7) is 0.661. The number of methoxy groups -OCH3 is 1. The quantitative estimate of drug-likeness (QED) is 0.650. The van der Waals surface area contributed by atoms with Gasteiger partial charge in [0.05, 0.1) is 23.0 Å². The highest BCUT2D eigenvalue weighted by atomic mass is 32.2. The van der Waals surface area contributed by atoms with Crippen LogP contribution in [0.2, 0.25) is 0 Å². The van der Waals surface area contributed by atoms with Gasteiger partial charge in [-0.1, -0.05) is 6.07 Å². The lowest BCUT2D eigenvalue weighted by molar-refractivity contribution is 0.0937. The molecule has 0 saturated carbocycles. The molecular formula is C15H22N2O6S2. The number of amides is 1. The van der Waals surface area contributed by atoms with Crippen LogP contribution in [0.3, 0.4) is 0 Å². The van der Waals surface area contributed by atoms with Gasteiger partial charge in [0.25, 0.3) is 5.91 Å². The molecule has 1 aromatic rings. The topological polar surface area (TPSA) is 110 Å². The highest BCUT2D eigenvalue weighted by Gasteiger charge is 2.36. The van der Waals surface area contributed by atoms with E-state index in [9.17, 15) is 21.6 Å². The highest BCUT2D eigenvalue weighted by Crippen LogP contribution is 2.23. The van der Waals surface area contributed by atoms with Crippen molar-refractivity contribution in [2.45, 2.75) is 17.4 Å². The number of benzene rings is 1. The first-order valence-electron chi connectivity index (χ1n) is 7.73. The van der Waals surface area contributed by atoms with Crippen molar-refractivity contribution in [2.75, 3.05) is 38.8 Å². The Bertz CT molecular complexity index is 835. The zero-order valence-corrected chi connectivity index (χ0v) is 15.8. The predicted octanol–water partition coefficient (Wildman–Crippen LogP) is -0.130. The molecule has 1 fully saturated rings. The average molecular weight is 390 g/mol. The van der Waals surface area contributed by atoms with Gasteiger partial charge in [0.15, 0.2) is 9.84 Å². The van der Waals surface area contributed by atoms with Crippen LogP contribution >= 0.6 is 0 Å². The summed E-state index contributed by atoms with van der Waals surface area (Å²) >= 11 is 0. The normalized spacial score (nSPS) is 19.9. The van der Waals surface area contributed by atoms with E-state index in [1.54, 1.807) is 0 Å². The minimum Gasteiger partial charge on any atom is -0.383 e. The van der Waals surface area contributed by atoms with E-state index in [1.807, 2.05) is 0 Å². The number of hydrogen-bond donors (Lipinski definition) is 1. The highest BCUT2D eigenvalue weighted by molar-refractivity contribution is 7.92. The van der Waals surface area contributed by atoms with Gasteiger partial charge in [0.1, 0.15) is 0 Å². The minimum atomic E-state index is -3.89. The van der Waals surface area contributed by atoms with Gasteiger partial charge in [-0.3, -0.25) is 4.79 Å². The first kappa shape index (κ1) is 19.8. The van der Waals surface area contributed by atoms with Gasteiger partial charge < -0.3 is 10.1 Å². The van der Waals surface area contributed by atoms with Crippen molar-refractivity contribution in [3.63, 3.8) is 0 Å². The Labute approximate surface area is 148 Å². The van der Waals surface area contributed by atoms with Gasteiger partial charge in [-0.15, -0.1) is 0 Å². The molecule has 0 spiro atoms. The van der Waals surface area contributed by atoms with E-state index in [0.29, 0.717) is 13.2 Å². The molecule has 10 heteroatoms. The van der Waals surface area contributed by atoms with Gasteiger partial charge in [-0.2, -0.15) is 4.31 Å². The molecule has 1 saturated heterocycles. The molecule has 1 N–H and O–H groups in total. The largest absolute Gasteiger partial charge is 0.383 e. The average Bonchev–Trinajstić information content (AvgIpc) is 2.94. The lowest BCUT2D eigenvalue weighted by atomic mass is 10.2. The number of sulfonamides is 1. The Morgan fingerprint density at radius 2 is 2.12 bits per heavy atom. The summed E-state index contributed by atoms with van der Waals surface area (Å²) in [5.74, 6) is -0.598. The molecule has 0 bridgehead atoms. The first-order valence-corrected chi connectivity index (χ1v) is 11.0. The van der Waals surface area contributed by atoms with Crippen molar-refractivity contribution in [3.05, 3.63) is 29.8 Å². The molecule has 1 unspecified atom stereocenters. The summed E-state index contributed by atoms with van der Waals surface area (Å²) in [6, 6.07) is 5.09. The maximum atomic E-state index is 12.7. The van der Waals surface area contributed by atoms with Crippen molar-refractivity contribution in [1.29, 1.82) is 0 Å². The molecule has 1 aliphatic rings. The summed E-state index contributed by atoms with van der Waals surface area (Å²) in [4.78, 5) is 12.0. The molecule has 1 aliphatic heterocycles. The number of rotatable bonds is 7. The van der Waals surface area contributed by atoms with Crippen molar-refractivity contribution < 1.29 is 26.4 Å². The van der Waals surface area contributed by atoms with Gasteiger partial charge in [0.2, 0.25) is 10.0 Å². The third-order valence-corrected chi connectivity index (χ3v) is 7.74. The van der Waals surface area contributed by atoms with Gasteiger partial charge in [-0.05, 0) is 24.6 Å². The number of nitrogens with one attached hydrogen (secondary N) is 1. The maximum absolute atomic E-state index is 12.7. The van der Waals surface area contributed by atoms with Crippen LogP contribution in [0.4, 0.5) is 0 Å². The Balaban J connectivity index is 2.19. The Hall–Kier alpha value is -1.49. The fourth-order valence-electron chi connectivity index (χ4n) is 2.59. The molecular weight excluding hydrogens is 368 g/mol. The van der Waals surface area contributed by atoms with E-state index in [4.69, 9.17) is 4.74 Å². The molecule has 1 heterocycles. The third-order valence-electron chi connectivity index (χ3n) is 4.09. The summed E-state index contributed by atoms with van der Waals surface area (Å²) < 4.78 is 54.6. The van der Waals surface area contributed by atoms with Crippen molar-refractivity contribution in [1.82, 2.24) is 9.62 Å². The van der Waals surface area contributed by atoms with Crippen LogP contribution in [0.5, 0.6) is 0 Å². The SMILES string of the molecule is COCCNC(=O)c1cccc(S(=O)(=O)N(C)C2CCS(=O)(=O)C2)c1. The number of hydrogen-bond acceptors (Lipinski definition) is 6. The zero-order valence-electron chi connectivity index (χ0n) is 14.1. The molecule has 0 aromatic heterocycles. The summed E-state index contributed by atoms with van der Waals surface area (Å²) in [7, 11) is -4.21. The van der Waals surface area contributed by atoms with E-state index >= 15 is 0 Å². The van der Waals surface area contributed by atoms with Crippen LogP contribution in [0.25, 0.3) is 0 Å². The van der Waals surface area contributed by atoms with Crippen LogP contribution in [0.15, 0.2) is 29.2 Å². The monoisotopic (exact) mass is 390 g/mol. The number of ether oxygens (including phenoxy) is 1. The van der Waals surface area contributed by atoms with Crippen LogP contribution < -0.4 is 5.32 Å². The van der Waals surface area contributed by atoms with Crippen molar-refractivity contribution in [3.8, 4) is 0 Å². The van der Waals surface area contributed by atoms with Crippen LogP contribution in [-0.4, -0.2) is 71.9 Å². The summed E-state index contributed by atoms with van der Waals surface area (Å²) in [6.07, 6.45) is 0.273. The number of carbonyl (C=O) groups excluding carboxylic acids is 1. The first-order chi connectivity index (χ1) is 11.7. The molecule has 140 valence electrons. The Kier molecular flexibility index (Phi) is 6.20. The smallest absolute Gasteiger partial charge is 0.251 e. The van der Waals surface area contributed by atoms with Crippen LogP contribution in [0.1, 0.15) is 16.8 Å². The minimum absolute atomic E-state index is 0.0144. The fraction of sp³-hybridized carbons (Fsp3) is 0.533. The van der Waals surface area contributed by atoms with E-state index in [2.05, 4.69) is 5.32 Å². The van der Waals surface area contributed by atoms with Crippen molar-refractivity contribution in [2.24, 2.45) is 0 Å². The lowest BCUT2D eigenvalue weighted by Crippen LogP contribution is -2.38. The van der Waals surface area contributed by atoms with Gasteiger partial charge in [0, 0.05) is 32.3 Å². The van der Waals surface area contributed by atoms with Crippen LogP contribution in [0, 0.1) is 0 Å². The Morgan fingerprint density at radius 3 is 2.72 bits per heavy atom. The lowest BCUT2D eigenvalue weighted by Gasteiger charge is -2.23. The molecule has 2 rings (SSSR count). The fourth-order valence-corrected chi connectivity index (χ4v) is 5.89. The molecule has 1 atom stereocenters. The maximum Gasteiger partial charge on any atom is 0.251 e. The van der Waals surface area contributed by atoms with Gasteiger partial charge in [-0.25, -0.2) is 16.8 Å². The molecule has 0 radical (unpaired) electrons. The van der Waals surface area contributed by atoms with E-state index in [0.717, 1.165) is 4.31 Å². The summed E-state index contributed by atoms with van der Waals surface area (Å²) in [5, 5.41) is 2.62.